The van der Waals surface area contributed by atoms with Crippen LogP contribution in [0, 0.1) is 6.92 Å². The Morgan fingerprint density at radius 3 is 2.95 bits per heavy atom. The highest BCUT2D eigenvalue weighted by atomic mass is 16.5. The van der Waals surface area contributed by atoms with Crippen LogP contribution in [0.2, 0.25) is 0 Å². The van der Waals surface area contributed by atoms with Crippen LogP contribution in [0.15, 0.2) is 30.4 Å². The smallest absolute Gasteiger partial charge is 0.125 e. The lowest BCUT2D eigenvalue weighted by Crippen LogP contribution is -2.21. The summed E-state index contributed by atoms with van der Waals surface area (Å²) in [5.41, 5.74) is 2.51. The average molecular weight is 259 g/mol. The number of aryl methyl sites for hydroxylation is 1. The fraction of sp³-hybridized carbons (Fsp3) is 0.529. The van der Waals surface area contributed by atoms with E-state index in [0.29, 0.717) is 6.04 Å². The second-order valence-corrected chi connectivity index (χ2v) is 5.34. The molecule has 0 saturated heterocycles. The molecular formula is C17H25NO. The Balaban J connectivity index is 2.18. The van der Waals surface area contributed by atoms with E-state index in [0.717, 1.165) is 18.7 Å². The summed E-state index contributed by atoms with van der Waals surface area (Å²) < 4.78 is 6.21. The summed E-state index contributed by atoms with van der Waals surface area (Å²) in [4.78, 5) is 0. The standard InChI is InChI=1S/C17H25NO/c1-4-18-14(3)16-11-10-13(2)12-17(16)19-15-8-6-5-7-9-15/h6,8,10-12,14-15,18H,4-5,7,9H2,1-3H3. The van der Waals surface area contributed by atoms with Crippen molar-refractivity contribution in [3.63, 3.8) is 0 Å². The van der Waals surface area contributed by atoms with Crippen molar-refractivity contribution in [1.82, 2.24) is 5.32 Å². The molecule has 1 aromatic rings. The number of rotatable bonds is 5. The van der Waals surface area contributed by atoms with Crippen molar-refractivity contribution in [2.24, 2.45) is 0 Å². The molecule has 0 spiro atoms. The van der Waals surface area contributed by atoms with Crippen LogP contribution >= 0.6 is 0 Å². The highest BCUT2D eigenvalue weighted by Gasteiger charge is 2.15. The summed E-state index contributed by atoms with van der Waals surface area (Å²) >= 11 is 0. The van der Waals surface area contributed by atoms with Gasteiger partial charge in [-0.2, -0.15) is 0 Å². The van der Waals surface area contributed by atoms with E-state index in [4.69, 9.17) is 4.74 Å². The fourth-order valence-electron chi connectivity index (χ4n) is 2.56. The van der Waals surface area contributed by atoms with Gasteiger partial charge in [-0.1, -0.05) is 25.1 Å². The first kappa shape index (κ1) is 14.1. The molecule has 2 unspecified atom stereocenters. The second kappa shape index (κ2) is 6.76. The Kier molecular flexibility index (Phi) is 5.03. The molecule has 1 N–H and O–H groups in total. The van der Waals surface area contributed by atoms with Crippen LogP contribution in [0.3, 0.4) is 0 Å². The van der Waals surface area contributed by atoms with Crippen LogP contribution in [0.1, 0.15) is 50.3 Å². The molecule has 0 saturated carbocycles. The summed E-state index contributed by atoms with van der Waals surface area (Å²) in [6.45, 7) is 7.41. The summed E-state index contributed by atoms with van der Waals surface area (Å²) in [5.74, 6) is 1.03. The van der Waals surface area contributed by atoms with E-state index < -0.39 is 0 Å². The Hall–Kier alpha value is -1.28. The third-order valence-electron chi connectivity index (χ3n) is 3.63. The van der Waals surface area contributed by atoms with Crippen LogP contribution in [-0.2, 0) is 0 Å². The minimum atomic E-state index is 0.239. The predicted molar refractivity (Wildman–Crippen MR) is 80.7 cm³/mol. The molecule has 0 aromatic heterocycles. The molecule has 0 aliphatic heterocycles. The maximum Gasteiger partial charge on any atom is 0.125 e. The van der Waals surface area contributed by atoms with Crippen molar-refractivity contribution in [1.29, 1.82) is 0 Å². The molecule has 2 heteroatoms. The van der Waals surface area contributed by atoms with Crippen LogP contribution in [0.5, 0.6) is 5.75 Å². The molecule has 0 radical (unpaired) electrons. The third kappa shape index (κ3) is 3.84. The van der Waals surface area contributed by atoms with E-state index in [-0.39, 0.29) is 6.10 Å². The van der Waals surface area contributed by atoms with Crippen molar-refractivity contribution in [2.75, 3.05) is 6.54 Å². The maximum absolute atomic E-state index is 6.21. The highest BCUT2D eigenvalue weighted by Crippen LogP contribution is 2.29. The first-order valence-electron chi connectivity index (χ1n) is 7.38. The average Bonchev–Trinajstić information content (AvgIpc) is 2.40. The minimum absolute atomic E-state index is 0.239. The maximum atomic E-state index is 6.21. The van der Waals surface area contributed by atoms with Crippen molar-refractivity contribution < 1.29 is 4.74 Å². The Morgan fingerprint density at radius 2 is 2.26 bits per heavy atom. The Bertz CT molecular complexity index is 439. The van der Waals surface area contributed by atoms with E-state index in [1.54, 1.807) is 0 Å². The largest absolute Gasteiger partial charge is 0.486 e. The van der Waals surface area contributed by atoms with Gasteiger partial charge in [0.15, 0.2) is 0 Å². The zero-order valence-corrected chi connectivity index (χ0v) is 12.3. The molecule has 0 bridgehead atoms. The van der Waals surface area contributed by atoms with E-state index in [1.807, 2.05) is 0 Å². The molecule has 2 nitrogen and oxygen atoms in total. The molecule has 2 rings (SSSR count). The fourth-order valence-corrected chi connectivity index (χ4v) is 2.56. The van der Waals surface area contributed by atoms with Gasteiger partial charge in [-0.25, -0.2) is 0 Å². The first-order chi connectivity index (χ1) is 9.20. The van der Waals surface area contributed by atoms with Gasteiger partial charge in [0, 0.05) is 11.6 Å². The van der Waals surface area contributed by atoms with Crippen molar-refractivity contribution in [2.45, 2.75) is 52.2 Å². The zero-order valence-electron chi connectivity index (χ0n) is 12.3. The number of benzene rings is 1. The van der Waals surface area contributed by atoms with Crippen molar-refractivity contribution in [3.05, 3.63) is 41.5 Å². The van der Waals surface area contributed by atoms with E-state index in [9.17, 15) is 0 Å². The number of ether oxygens (including phenoxy) is 1. The number of allylic oxidation sites excluding steroid dienone is 1. The Morgan fingerprint density at radius 1 is 1.42 bits per heavy atom. The van der Waals surface area contributed by atoms with Gasteiger partial charge in [0.05, 0.1) is 0 Å². The summed E-state index contributed by atoms with van der Waals surface area (Å²) in [6.07, 6.45) is 8.21. The van der Waals surface area contributed by atoms with Crippen LogP contribution in [-0.4, -0.2) is 12.6 Å². The molecule has 2 atom stereocenters. The second-order valence-electron chi connectivity index (χ2n) is 5.34. The van der Waals surface area contributed by atoms with Gasteiger partial charge >= 0.3 is 0 Å². The molecule has 0 amide bonds. The number of nitrogens with one attached hydrogen (secondary N) is 1. The minimum Gasteiger partial charge on any atom is -0.486 e. The predicted octanol–water partition coefficient (Wildman–Crippen LogP) is 4.15. The van der Waals surface area contributed by atoms with Crippen LogP contribution in [0.25, 0.3) is 0 Å². The lowest BCUT2D eigenvalue weighted by molar-refractivity contribution is 0.226. The SMILES string of the molecule is CCNC(C)c1ccc(C)cc1OC1C=CCCC1. The molecular weight excluding hydrogens is 234 g/mol. The van der Waals surface area contributed by atoms with Gasteiger partial charge in [-0.05, 0) is 57.4 Å². The quantitative estimate of drug-likeness (QED) is 0.802. The van der Waals surface area contributed by atoms with Crippen molar-refractivity contribution in [3.8, 4) is 5.75 Å². The topological polar surface area (TPSA) is 21.3 Å². The lowest BCUT2D eigenvalue weighted by atomic mass is 10.0. The summed E-state index contributed by atoms with van der Waals surface area (Å²) in [7, 11) is 0. The summed E-state index contributed by atoms with van der Waals surface area (Å²) in [6, 6.07) is 6.83. The van der Waals surface area contributed by atoms with E-state index in [1.165, 1.54) is 24.0 Å². The molecule has 1 aliphatic carbocycles. The highest BCUT2D eigenvalue weighted by molar-refractivity contribution is 5.39. The summed E-state index contributed by atoms with van der Waals surface area (Å²) in [5, 5.41) is 3.46. The van der Waals surface area contributed by atoms with Gasteiger partial charge in [-0.3, -0.25) is 0 Å². The molecule has 0 heterocycles. The van der Waals surface area contributed by atoms with Crippen molar-refractivity contribution >= 4 is 0 Å². The number of hydrogen-bond acceptors (Lipinski definition) is 2. The molecule has 19 heavy (non-hydrogen) atoms. The normalized spacial score (nSPS) is 20.3. The Labute approximate surface area is 116 Å². The van der Waals surface area contributed by atoms with Gasteiger partial charge in [0.2, 0.25) is 0 Å². The van der Waals surface area contributed by atoms with E-state index >= 15 is 0 Å². The van der Waals surface area contributed by atoms with Gasteiger partial charge in [0.25, 0.3) is 0 Å². The first-order valence-corrected chi connectivity index (χ1v) is 7.38. The lowest BCUT2D eigenvalue weighted by Gasteiger charge is -2.23. The van der Waals surface area contributed by atoms with E-state index in [2.05, 4.69) is 56.4 Å². The molecule has 1 aromatic carbocycles. The van der Waals surface area contributed by atoms with Gasteiger partial charge < -0.3 is 10.1 Å². The molecule has 1 aliphatic rings. The molecule has 0 fully saturated rings. The van der Waals surface area contributed by atoms with Gasteiger partial charge in [0.1, 0.15) is 11.9 Å². The molecule has 104 valence electrons. The third-order valence-corrected chi connectivity index (χ3v) is 3.63. The van der Waals surface area contributed by atoms with Gasteiger partial charge in [-0.15, -0.1) is 0 Å². The monoisotopic (exact) mass is 259 g/mol. The van der Waals surface area contributed by atoms with Crippen LogP contribution in [0.4, 0.5) is 0 Å². The van der Waals surface area contributed by atoms with Crippen LogP contribution < -0.4 is 10.1 Å². The number of hydrogen-bond donors (Lipinski definition) is 1. The zero-order chi connectivity index (χ0) is 13.7.